The molecule has 6 heteroatoms. The van der Waals surface area contributed by atoms with Gasteiger partial charge in [0, 0.05) is 4.90 Å². The Labute approximate surface area is 198 Å². The van der Waals surface area contributed by atoms with Crippen molar-refractivity contribution in [1.29, 1.82) is 0 Å². The number of thioether (sulfide) groups is 1. The maximum Gasteiger partial charge on any atom is 0.283 e. The number of imide groups is 1. The lowest BCUT2D eigenvalue weighted by Crippen LogP contribution is -2.32. The van der Waals surface area contributed by atoms with Gasteiger partial charge in [-0.15, -0.1) is 0 Å². The van der Waals surface area contributed by atoms with Crippen LogP contribution in [-0.2, 0) is 16.0 Å². The summed E-state index contributed by atoms with van der Waals surface area (Å²) in [5.41, 5.74) is 3.71. The van der Waals surface area contributed by atoms with Crippen molar-refractivity contribution < 1.29 is 14.3 Å². The largest absolute Gasteiger partial charge is 0.492 e. The SMILES string of the molecule is CCOc1ccccc1NC1=C(Sc2ccc(C)cc2)C(=O)N(c2ccc(CC)cc2)C1=O. The number of rotatable bonds is 8. The predicted octanol–water partition coefficient (Wildman–Crippen LogP) is 5.95. The number of aryl methyl sites for hydroxylation is 2. The maximum absolute atomic E-state index is 13.5. The van der Waals surface area contributed by atoms with Crippen molar-refractivity contribution in [3.63, 3.8) is 0 Å². The summed E-state index contributed by atoms with van der Waals surface area (Å²) in [7, 11) is 0. The highest BCUT2D eigenvalue weighted by Gasteiger charge is 2.40. The molecule has 0 saturated carbocycles. The van der Waals surface area contributed by atoms with Crippen LogP contribution in [0.25, 0.3) is 0 Å². The third-order valence-electron chi connectivity index (χ3n) is 5.33. The Morgan fingerprint density at radius 3 is 2.24 bits per heavy atom. The van der Waals surface area contributed by atoms with Gasteiger partial charge in [-0.1, -0.05) is 60.6 Å². The number of amides is 2. The van der Waals surface area contributed by atoms with Gasteiger partial charge in [-0.2, -0.15) is 0 Å². The Kier molecular flexibility index (Phi) is 6.84. The molecule has 1 aliphatic rings. The zero-order chi connectivity index (χ0) is 23.4. The molecule has 2 amide bonds. The zero-order valence-corrected chi connectivity index (χ0v) is 19.7. The molecule has 1 heterocycles. The molecule has 0 fully saturated rings. The molecule has 0 unspecified atom stereocenters. The van der Waals surface area contributed by atoms with Gasteiger partial charge >= 0.3 is 0 Å². The van der Waals surface area contributed by atoms with Gasteiger partial charge in [0.15, 0.2) is 0 Å². The van der Waals surface area contributed by atoms with E-state index in [2.05, 4.69) is 12.2 Å². The highest BCUT2D eigenvalue weighted by Crippen LogP contribution is 2.39. The molecule has 0 radical (unpaired) electrons. The summed E-state index contributed by atoms with van der Waals surface area (Å²) in [4.78, 5) is 29.5. The number of hydrogen-bond acceptors (Lipinski definition) is 5. The quantitative estimate of drug-likeness (QED) is 0.423. The molecule has 0 saturated heterocycles. The standard InChI is InChI=1S/C27H26N2O3S/c1-4-19-12-14-20(15-13-19)29-26(30)24(28-22-8-6-7-9-23(22)32-5-2)25(27(29)31)33-21-16-10-18(3)11-17-21/h6-17,28H,4-5H2,1-3H3. The normalized spacial score (nSPS) is 13.6. The van der Waals surface area contributed by atoms with Crippen LogP contribution in [0.15, 0.2) is 88.3 Å². The highest BCUT2D eigenvalue weighted by atomic mass is 32.2. The lowest BCUT2D eigenvalue weighted by Gasteiger charge is -2.16. The van der Waals surface area contributed by atoms with E-state index in [1.54, 1.807) is 0 Å². The first-order valence-corrected chi connectivity index (χ1v) is 11.8. The van der Waals surface area contributed by atoms with Crippen LogP contribution in [0.1, 0.15) is 25.0 Å². The lowest BCUT2D eigenvalue weighted by molar-refractivity contribution is -0.120. The van der Waals surface area contributed by atoms with Crippen LogP contribution in [0.4, 0.5) is 11.4 Å². The second-order valence-electron chi connectivity index (χ2n) is 7.64. The molecule has 0 aromatic heterocycles. The van der Waals surface area contributed by atoms with E-state index in [4.69, 9.17) is 4.74 Å². The molecule has 0 aliphatic carbocycles. The van der Waals surface area contributed by atoms with Crippen LogP contribution in [0.2, 0.25) is 0 Å². The molecule has 5 nitrogen and oxygen atoms in total. The van der Waals surface area contributed by atoms with E-state index in [1.807, 2.05) is 86.6 Å². The van der Waals surface area contributed by atoms with Gasteiger partial charge in [-0.25, -0.2) is 4.90 Å². The summed E-state index contributed by atoms with van der Waals surface area (Å²) in [6, 6.07) is 22.8. The Bertz CT molecular complexity index is 1200. The number of carbonyl (C=O) groups excluding carboxylic acids is 2. The average molecular weight is 459 g/mol. The monoisotopic (exact) mass is 458 g/mol. The van der Waals surface area contributed by atoms with Gasteiger partial charge in [0.05, 0.1) is 18.0 Å². The van der Waals surface area contributed by atoms with E-state index in [0.717, 1.165) is 22.4 Å². The minimum Gasteiger partial charge on any atom is -0.492 e. The molecule has 1 N–H and O–H groups in total. The Morgan fingerprint density at radius 2 is 1.58 bits per heavy atom. The first-order valence-electron chi connectivity index (χ1n) is 11.0. The van der Waals surface area contributed by atoms with E-state index in [1.165, 1.54) is 16.7 Å². The third kappa shape index (κ3) is 4.81. The summed E-state index contributed by atoms with van der Waals surface area (Å²) in [5, 5.41) is 3.20. The smallest absolute Gasteiger partial charge is 0.283 e. The van der Waals surface area contributed by atoms with Crippen LogP contribution in [0.3, 0.4) is 0 Å². The zero-order valence-electron chi connectivity index (χ0n) is 18.9. The molecule has 1 aliphatic heterocycles. The molecule has 3 aromatic carbocycles. The first kappa shape index (κ1) is 22.7. The Balaban J connectivity index is 1.74. The molecular formula is C27H26N2O3S. The van der Waals surface area contributed by atoms with Crippen LogP contribution in [0.5, 0.6) is 5.75 Å². The van der Waals surface area contributed by atoms with E-state index in [-0.39, 0.29) is 17.5 Å². The number of carbonyl (C=O) groups is 2. The van der Waals surface area contributed by atoms with Crippen LogP contribution < -0.4 is 15.0 Å². The number of anilines is 2. The van der Waals surface area contributed by atoms with Gasteiger partial charge in [0.1, 0.15) is 16.4 Å². The van der Waals surface area contributed by atoms with Crippen molar-refractivity contribution in [3.05, 3.63) is 94.5 Å². The number of nitrogens with one attached hydrogen (secondary N) is 1. The predicted molar refractivity (Wildman–Crippen MR) is 134 cm³/mol. The second-order valence-corrected chi connectivity index (χ2v) is 8.72. The van der Waals surface area contributed by atoms with Crippen molar-refractivity contribution in [2.45, 2.75) is 32.1 Å². The summed E-state index contributed by atoms with van der Waals surface area (Å²) < 4.78 is 5.71. The molecule has 4 rings (SSSR count). The van der Waals surface area contributed by atoms with Crippen LogP contribution >= 0.6 is 11.8 Å². The molecule has 168 valence electrons. The van der Waals surface area contributed by atoms with Crippen molar-refractivity contribution in [2.24, 2.45) is 0 Å². The molecular weight excluding hydrogens is 432 g/mol. The minimum absolute atomic E-state index is 0.247. The van der Waals surface area contributed by atoms with Gasteiger partial charge in [-0.05, 0) is 62.2 Å². The lowest BCUT2D eigenvalue weighted by atomic mass is 10.1. The number of hydrogen-bond donors (Lipinski definition) is 1. The first-order chi connectivity index (χ1) is 16.0. The molecule has 0 atom stereocenters. The van der Waals surface area contributed by atoms with E-state index < -0.39 is 0 Å². The number of ether oxygens (including phenoxy) is 1. The highest BCUT2D eigenvalue weighted by molar-refractivity contribution is 8.04. The summed E-state index contributed by atoms with van der Waals surface area (Å²) >= 11 is 1.29. The van der Waals surface area contributed by atoms with Crippen LogP contribution in [-0.4, -0.2) is 18.4 Å². The molecule has 3 aromatic rings. The molecule has 33 heavy (non-hydrogen) atoms. The van der Waals surface area contributed by atoms with Gasteiger partial charge in [0.25, 0.3) is 11.8 Å². The second kappa shape index (κ2) is 9.96. The minimum atomic E-state index is -0.384. The van der Waals surface area contributed by atoms with Crippen molar-refractivity contribution in [1.82, 2.24) is 0 Å². The number of nitrogens with zero attached hydrogens (tertiary/aromatic N) is 1. The fourth-order valence-corrected chi connectivity index (χ4v) is 4.47. The summed E-state index contributed by atoms with van der Waals surface area (Å²) in [6.45, 7) is 6.47. The van der Waals surface area contributed by atoms with Gasteiger partial charge in [0.2, 0.25) is 0 Å². The summed E-state index contributed by atoms with van der Waals surface area (Å²) in [5.74, 6) is -0.102. The van der Waals surface area contributed by atoms with E-state index >= 15 is 0 Å². The van der Waals surface area contributed by atoms with Crippen LogP contribution in [0, 0.1) is 6.92 Å². The topological polar surface area (TPSA) is 58.6 Å². The average Bonchev–Trinajstić information content (AvgIpc) is 3.06. The van der Waals surface area contributed by atoms with Crippen molar-refractivity contribution in [2.75, 3.05) is 16.8 Å². The van der Waals surface area contributed by atoms with E-state index in [9.17, 15) is 9.59 Å². The third-order valence-corrected chi connectivity index (χ3v) is 6.42. The van der Waals surface area contributed by atoms with Crippen molar-refractivity contribution in [3.8, 4) is 5.75 Å². The Hall–Kier alpha value is -3.51. The fourth-order valence-electron chi connectivity index (χ4n) is 3.54. The van der Waals surface area contributed by atoms with Crippen molar-refractivity contribution >= 4 is 35.0 Å². The van der Waals surface area contributed by atoms with Gasteiger partial charge < -0.3 is 10.1 Å². The molecule has 0 spiro atoms. The summed E-state index contributed by atoms with van der Waals surface area (Å²) in [6.07, 6.45) is 0.885. The number of para-hydroxylation sites is 2. The van der Waals surface area contributed by atoms with E-state index in [0.29, 0.717) is 28.6 Å². The molecule has 0 bridgehead atoms. The Morgan fingerprint density at radius 1 is 0.879 bits per heavy atom. The fraction of sp³-hybridized carbons (Fsp3) is 0.185. The maximum atomic E-state index is 13.5. The number of benzene rings is 3. The van der Waals surface area contributed by atoms with Gasteiger partial charge in [-0.3, -0.25) is 9.59 Å².